The maximum absolute atomic E-state index is 2.93. The average Bonchev–Trinajstić information content (AvgIpc) is 3.82. The predicted molar refractivity (Wildman–Crippen MR) is 244 cm³/mol. The zero-order valence-electron chi connectivity index (χ0n) is 31.3. The molecule has 0 atom stereocenters. The quantitative estimate of drug-likeness (QED) is 0.114. The fourth-order valence-electron chi connectivity index (χ4n) is 9.58. The molecule has 0 saturated carbocycles. The highest BCUT2D eigenvalue weighted by molar-refractivity contribution is 7.20. The minimum absolute atomic E-state index is 1.14. The Morgan fingerprint density at radius 1 is 0.298 bits per heavy atom. The van der Waals surface area contributed by atoms with Gasteiger partial charge in [0, 0.05) is 38.5 Å². The van der Waals surface area contributed by atoms with Crippen molar-refractivity contribution in [3.63, 3.8) is 0 Å². The van der Waals surface area contributed by atoms with E-state index >= 15 is 0 Å². The van der Waals surface area contributed by atoms with E-state index in [1.54, 1.807) is 0 Å². The van der Waals surface area contributed by atoms with Crippen LogP contribution in [0.3, 0.4) is 0 Å². The summed E-state index contributed by atoms with van der Waals surface area (Å²) in [5, 5.41) is 10.4. The summed E-state index contributed by atoms with van der Waals surface area (Å²) < 4.78 is 5.00. The van der Waals surface area contributed by atoms with Crippen molar-refractivity contribution >= 4 is 72.4 Å². The molecule has 0 radical (unpaired) electrons. The lowest BCUT2D eigenvalue weighted by Gasteiger charge is -2.36. The van der Waals surface area contributed by atoms with Crippen molar-refractivity contribution in [1.82, 2.24) is 9.13 Å². The maximum atomic E-state index is 2.51. The van der Waals surface area contributed by atoms with E-state index in [9.17, 15) is 0 Å². The Bertz CT molecular complexity index is 3110. The molecule has 57 heavy (non-hydrogen) atoms. The Kier molecular flexibility index (Phi) is 7.87. The molecule has 11 rings (SSSR count). The van der Waals surface area contributed by atoms with E-state index in [1.165, 1.54) is 75.5 Å². The van der Waals surface area contributed by atoms with Crippen LogP contribution < -0.4 is 20.7 Å². The number of aromatic nitrogens is 2. The van der Waals surface area contributed by atoms with E-state index in [1.807, 2.05) is 0 Å². The van der Waals surface area contributed by atoms with E-state index in [2.05, 4.69) is 240 Å². The Morgan fingerprint density at radius 2 is 0.702 bits per heavy atom. The minimum Gasteiger partial charge on any atom is -0.309 e. The summed E-state index contributed by atoms with van der Waals surface area (Å²) in [4.78, 5) is 0. The highest BCUT2D eigenvalue weighted by Gasteiger charge is 2.43. The molecule has 11 aromatic rings. The second-order valence-corrected chi connectivity index (χ2v) is 18.6. The van der Waals surface area contributed by atoms with Crippen molar-refractivity contribution in [2.45, 2.75) is 0 Å². The number of benzene rings is 9. The summed E-state index contributed by atoms with van der Waals surface area (Å²) >= 11 is 0. The third-order valence-electron chi connectivity index (χ3n) is 11.8. The van der Waals surface area contributed by atoms with E-state index < -0.39 is 8.07 Å². The molecule has 2 heterocycles. The van der Waals surface area contributed by atoms with Gasteiger partial charge in [-0.2, -0.15) is 0 Å². The van der Waals surface area contributed by atoms with Crippen molar-refractivity contribution in [3.05, 3.63) is 231 Å². The minimum atomic E-state index is -2.93. The molecule has 0 bridgehead atoms. The van der Waals surface area contributed by atoms with Crippen molar-refractivity contribution < 1.29 is 0 Å². The highest BCUT2D eigenvalue weighted by Crippen LogP contribution is 2.46. The van der Waals surface area contributed by atoms with Crippen LogP contribution in [0.4, 0.5) is 0 Å². The average molecular weight is 743 g/mol. The van der Waals surface area contributed by atoms with Crippen LogP contribution in [-0.2, 0) is 0 Å². The van der Waals surface area contributed by atoms with Gasteiger partial charge in [-0.1, -0.05) is 188 Å². The molecule has 0 unspecified atom stereocenters. The molecule has 0 amide bonds. The first-order valence-corrected chi connectivity index (χ1v) is 21.7. The fraction of sp³-hybridized carbons (Fsp3) is 0. The van der Waals surface area contributed by atoms with Crippen LogP contribution in [0.2, 0.25) is 0 Å². The van der Waals surface area contributed by atoms with Gasteiger partial charge in [-0.3, -0.25) is 0 Å². The summed E-state index contributed by atoms with van der Waals surface area (Å²) in [7, 11) is -2.93. The summed E-state index contributed by atoms with van der Waals surface area (Å²) in [6, 6.07) is 85.3. The van der Waals surface area contributed by atoms with E-state index in [-0.39, 0.29) is 0 Å². The summed E-state index contributed by atoms with van der Waals surface area (Å²) in [5.41, 5.74) is 9.59. The number of hydrogen-bond acceptors (Lipinski definition) is 0. The van der Waals surface area contributed by atoms with E-state index in [0.717, 1.165) is 11.4 Å². The van der Waals surface area contributed by atoms with Crippen LogP contribution in [0.1, 0.15) is 0 Å². The zero-order valence-corrected chi connectivity index (χ0v) is 32.3. The second kappa shape index (κ2) is 13.5. The monoisotopic (exact) mass is 742 g/mol. The summed E-state index contributed by atoms with van der Waals surface area (Å²) in [6.45, 7) is 0. The lowest BCUT2D eigenvalue weighted by Crippen LogP contribution is -2.75. The van der Waals surface area contributed by atoms with Crippen molar-refractivity contribution in [3.8, 4) is 22.5 Å². The molecule has 0 aliphatic heterocycles. The number of hydrogen-bond donors (Lipinski definition) is 0. The fourth-order valence-corrected chi connectivity index (χ4v) is 14.6. The van der Waals surface area contributed by atoms with Gasteiger partial charge in [-0.05, 0) is 68.8 Å². The largest absolute Gasteiger partial charge is 0.309 e. The molecule has 0 N–H and O–H groups in total. The molecule has 0 aliphatic carbocycles. The Hall–Kier alpha value is -7.20. The number of nitrogens with zero attached hydrogens (tertiary/aromatic N) is 2. The van der Waals surface area contributed by atoms with Crippen LogP contribution in [0, 0.1) is 0 Å². The van der Waals surface area contributed by atoms with Gasteiger partial charge in [0.25, 0.3) is 0 Å². The topological polar surface area (TPSA) is 9.86 Å². The number of fused-ring (bicyclic) bond motifs is 7. The van der Waals surface area contributed by atoms with Crippen LogP contribution in [0.15, 0.2) is 231 Å². The Morgan fingerprint density at radius 3 is 1.25 bits per heavy atom. The third kappa shape index (κ3) is 5.03. The van der Waals surface area contributed by atoms with Crippen molar-refractivity contribution in [2.75, 3.05) is 0 Å². The van der Waals surface area contributed by atoms with Gasteiger partial charge in [-0.15, -0.1) is 0 Å². The van der Waals surface area contributed by atoms with Crippen LogP contribution in [0.5, 0.6) is 0 Å². The van der Waals surface area contributed by atoms with Gasteiger partial charge in [-0.25, -0.2) is 0 Å². The number of rotatable bonds is 7. The molecule has 2 nitrogen and oxygen atoms in total. The molecule has 268 valence electrons. The molecule has 0 fully saturated rings. The van der Waals surface area contributed by atoms with E-state index in [4.69, 9.17) is 0 Å². The first-order chi connectivity index (χ1) is 28.3. The predicted octanol–water partition coefficient (Wildman–Crippen LogP) is 10.9. The first kappa shape index (κ1) is 33.2. The zero-order chi connectivity index (χ0) is 37.8. The first-order valence-electron chi connectivity index (χ1n) is 19.7. The van der Waals surface area contributed by atoms with E-state index in [0.29, 0.717) is 0 Å². The third-order valence-corrected chi connectivity index (χ3v) is 16.7. The smallest absolute Gasteiger partial charge is 0.180 e. The maximum Gasteiger partial charge on any atom is 0.180 e. The molecular formula is C54H38N2Si. The van der Waals surface area contributed by atoms with Crippen LogP contribution in [0.25, 0.3) is 66.1 Å². The van der Waals surface area contributed by atoms with Crippen LogP contribution >= 0.6 is 0 Å². The molecule has 9 aromatic carbocycles. The van der Waals surface area contributed by atoms with Gasteiger partial charge in [0.2, 0.25) is 0 Å². The van der Waals surface area contributed by atoms with Gasteiger partial charge >= 0.3 is 0 Å². The Balaban J connectivity index is 1.39. The van der Waals surface area contributed by atoms with Gasteiger partial charge in [0.15, 0.2) is 8.07 Å². The Labute approximate surface area is 333 Å². The number of para-hydroxylation sites is 4. The molecule has 0 spiro atoms. The second-order valence-electron chi connectivity index (χ2n) is 14.8. The van der Waals surface area contributed by atoms with Crippen molar-refractivity contribution in [1.29, 1.82) is 0 Å². The molecule has 3 heteroatoms. The van der Waals surface area contributed by atoms with Gasteiger partial charge in [0.1, 0.15) is 0 Å². The molecule has 0 aliphatic rings. The SMILES string of the molecule is c1ccc(-n2c3ccccc3c3c2c(-c2ccccc2[Si](c2ccccc2)(c2ccccc2)c2ccccc2)cc2c4ccccc4n(-c4ccccc4)c23)cc1. The normalized spacial score (nSPS) is 11.9. The van der Waals surface area contributed by atoms with Crippen molar-refractivity contribution in [2.24, 2.45) is 0 Å². The molecule has 2 aromatic heterocycles. The van der Waals surface area contributed by atoms with Gasteiger partial charge in [0.05, 0.1) is 22.1 Å². The standard InChI is InChI=1S/C54H38N2Si/c1-6-22-39(23-7-1)55-49-35-19-16-32-44(49)47-38-48(54-52(53(47)55)46-34-17-20-36-50(46)56(54)40-24-8-2-9-25-40)45-33-18-21-37-51(45)57(41-26-10-3-11-27-41,42-28-12-4-13-29-42)43-30-14-5-15-31-43/h1-38H. The lowest BCUT2D eigenvalue weighted by atomic mass is 9.98. The molecule has 0 saturated heterocycles. The lowest BCUT2D eigenvalue weighted by molar-refractivity contribution is 1.17. The molecular weight excluding hydrogens is 705 g/mol. The van der Waals surface area contributed by atoms with Gasteiger partial charge < -0.3 is 9.13 Å². The highest BCUT2D eigenvalue weighted by atomic mass is 28.3. The summed E-state index contributed by atoms with van der Waals surface area (Å²) in [5.74, 6) is 0. The van der Waals surface area contributed by atoms with Crippen LogP contribution in [-0.4, -0.2) is 17.2 Å². The summed E-state index contributed by atoms with van der Waals surface area (Å²) in [6.07, 6.45) is 0.